The van der Waals surface area contributed by atoms with Gasteiger partial charge in [-0.05, 0) is 5.56 Å². The molecule has 0 aliphatic rings. The van der Waals surface area contributed by atoms with E-state index in [1.54, 1.807) is 31.3 Å². The van der Waals surface area contributed by atoms with E-state index in [0.29, 0.717) is 12.1 Å². The van der Waals surface area contributed by atoms with Crippen molar-refractivity contribution < 1.29 is 14.3 Å². The summed E-state index contributed by atoms with van der Waals surface area (Å²) in [5.41, 5.74) is 1.54. The predicted molar refractivity (Wildman–Crippen MR) is 80.0 cm³/mol. The second kappa shape index (κ2) is 7.24. The van der Waals surface area contributed by atoms with Gasteiger partial charge in [-0.3, -0.25) is 4.79 Å². The number of hydrogen-bond acceptors (Lipinski definition) is 3. The number of hydrogen-bond donors (Lipinski definition) is 0. The Balaban J connectivity index is 1.83. The van der Waals surface area contributed by atoms with Crippen molar-refractivity contribution >= 4 is 11.9 Å². The summed E-state index contributed by atoms with van der Waals surface area (Å²) < 4.78 is 5.03. The molecule has 4 heteroatoms. The summed E-state index contributed by atoms with van der Waals surface area (Å²) in [4.78, 5) is 25.1. The molecule has 0 spiro atoms. The molecule has 0 radical (unpaired) electrons. The number of ether oxygens (including phenoxy) is 1. The molecule has 0 aliphatic heterocycles. The van der Waals surface area contributed by atoms with Gasteiger partial charge in [0.05, 0.1) is 0 Å². The first-order chi connectivity index (χ1) is 10.2. The lowest BCUT2D eigenvalue weighted by Crippen LogP contribution is -2.28. The van der Waals surface area contributed by atoms with Crippen molar-refractivity contribution in [2.75, 3.05) is 13.7 Å². The highest BCUT2D eigenvalue weighted by atomic mass is 16.6. The molecule has 2 rings (SSSR count). The van der Waals surface area contributed by atoms with Crippen LogP contribution in [0.2, 0.25) is 0 Å². The maximum Gasteiger partial charge on any atom is 0.410 e. The van der Waals surface area contributed by atoms with Crippen LogP contribution < -0.4 is 0 Å². The van der Waals surface area contributed by atoms with Crippen LogP contribution in [0.25, 0.3) is 0 Å². The Bertz CT molecular complexity index is 596. The highest BCUT2D eigenvalue weighted by molar-refractivity contribution is 5.97. The van der Waals surface area contributed by atoms with Gasteiger partial charge in [0.25, 0.3) is 0 Å². The maximum atomic E-state index is 11.8. The molecule has 0 saturated carbocycles. The summed E-state index contributed by atoms with van der Waals surface area (Å²) in [6.07, 6.45) is -0.511. The van der Waals surface area contributed by atoms with Crippen LogP contribution in [0.1, 0.15) is 15.9 Å². The van der Waals surface area contributed by atoms with E-state index in [9.17, 15) is 9.59 Å². The maximum absolute atomic E-state index is 11.8. The summed E-state index contributed by atoms with van der Waals surface area (Å²) in [6.45, 7) is 0.196. The number of carbonyl (C=O) groups is 2. The molecule has 0 N–H and O–H groups in total. The molecular weight excluding hydrogens is 266 g/mol. The van der Waals surface area contributed by atoms with E-state index in [-0.39, 0.29) is 12.4 Å². The summed E-state index contributed by atoms with van der Waals surface area (Å²) in [6, 6.07) is 18.4. The largest absolute Gasteiger partial charge is 0.441 e. The normalized spacial score (nSPS) is 9.95. The van der Waals surface area contributed by atoms with Crippen LogP contribution in [0.5, 0.6) is 0 Å². The van der Waals surface area contributed by atoms with Crippen LogP contribution in [0.15, 0.2) is 60.7 Å². The summed E-state index contributed by atoms with van der Waals surface area (Å²) >= 11 is 0. The average Bonchev–Trinajstić information content (AvgIpc) is 2.54. The Morgan fingerprint density at radius 2 is 1.52 bits per heavy atom. The first-order valence-electron chi connectivity index (χ1n) is 6.67. The van der Waals surface area contributed by atoms with Gasteiger partial charge in [-0.15, -0.1) is 0 Å². The molecule has 0 heterocycles. The molecule has 0 fully saturated rings. The SMILES string of the molecule is CN(Cc1ccccc1)C(=O)OCC(=O)c1ccccc1. The van der Waals surface area contributed by atoms with Crippen molar-refractivity contribution in [3.63, 3.8) is 0 Å². The first kappa shape index (κ1) is 14.8. The van der Waals surface area contributed by atoms with Crippen molar-refractivity contribution in [1.82, 2.24) is 4.90 Å². The lowest BCUT2D eigenvalue weighted by atomic mass is 10.1. The third-order valence-corrected chi connectivity index (χ3v) is 3.00. The second-order valence-electron chi connectivity index (χ2n) is 4.69. The van der Waals surface area contributed by atoms with Gasteiger partial charge in [-0.1, -0.05) is 60.7 Å². The molecule has 0 aliphatic carbocycles. The molecule has 0 unspecified atom stereocenters. The quantitative estimate of drug-likeness (QED) is 0.792. The fourth-order valence-corrected chi connectivity index (χ4v) is 1.87. The summed E-state index contributed by atoms with van der Waals surface area (Å²) in [5.74, 6) is -0.211. The van der Waals surface area contributed by atoms with Gasteiger partial charge in [-0.2, -0.15) is 0 Å². The van der Waals surface area contributed by atoms with Crippen LogP contribution in [0, 0.1) is 0 Å². The molecule has 2 aromatic carbocycles. The highest BCUT2D eigenvalue weighted by Gasteiger charge is 2.13. The minimum atomic E-state index is -0.511. The van der Waals surface area contributed by atoms with Crippen LogP contribution in [0.3, 0.4) is 0 Å². The van der Waals surface area contributed by atoms with Gasteiger partial charge >= 0.3 is 6.09 Å². The fraction of sp³-hybridized carbons (Fsp3) is 0.176. The lowest BCUT2D eigenvalue weighted by molar-refractivity contribution is 0.0770. The number of amides is 1. The van der Waals surface area contributed by atoms with Crippen LogP contribution in [-0.4, -0.2) is 30.4 Å². The molecule has 1 amide bonds. The minimum absolute atomic E-state index is 0.211. The van der Waals surface area contributed by atoms with E-state index in [4.69, 9.17) is 4.74 Å². The van der Waals surface area contributed by atoms with Crippen molar-refractivity contribution in [1.29, 1.82) is 0 Å². The van der Waals surface area contributed by atoms with Gasteiger partial charge in [0.2, 0.25) is 0 Å². The summed E-state index contributed by atoms with van der Waals surface area (Å²) in [7, 11) is 1.64. The number of Topliss-reactive ketones (excluding diaryl/α,β-unsaturated/α-hetero) is 1. The Hall–Kier alpha value is -2.62. The predicted octanol–water partition coefficient (Wildman–Crippen LogP) is 3.14. The van der Waals surface area contributed by atoms with Gasteiger partial charge in [0.15, 0.2) is 12.4 Å². The molecule has 0 bridgehead atoms. The van der Waals surface area contributed by atoms with E-state index < -0.39 is 6.09 Å². The van der Waals surface area contributed by atoms with E-state index >= 15 is 0 Å². The Kier molecular flexibility index (Phi) is 5.10. The van der Waals surface area contributed by atoms with Crippen LogP contribution in [0.4, 0.5) is 4.79 Å². The van der Waals surface area contributed by atoms with Crippen molar-refractivity contribution in [2.45, 2.75) is 6.54 Å². The smallest absolute Gasteiger partial charge is 0.410 e. The minimum Gasteiger partial charge on any atom is -0.441 e. The first-order valence-corrected chi connectivity index (χ1v) is 6.67. The number of benzene rings is 2. The molecular formula is C17H17NO3. The zero-order valence-electron chi connectivity index (χ0n) is 11.9. The van der Waals surface area contributed by atoms with E-state index in [1.807, 2.05) is 36.4 Å². The van der Waals surface area contributed by atoms with Crippen molar-refractivity contribution in [3.05, 3.63) is 71.8 Å². The molecule has 4 nitrogen and oxygen atoms in total. The molecule has 2 aromatic rings. The number of carbonyl (C=O) groups excluding carboxylic acids is 2. The standard InChI is InChI=1S/C17H17NO3/c1-18(12-14-8-4-2-5-9-14)17(20)21-13-16(19)15-10-6-3-7-11-15/h2-11H,12-13H2,1H3. The van der Waals surface area contributed by atoms with Crippen molar-refractivity contribution in [2.24, 2.45) is 0 Å². The molecule has 0 aromatic heterocycles. The molecule has 108 valence electrons. The monoisotopic (exact) mass is 283 g/mol. The molecule has 0 saturated heterocycles. The third kappa shape index (κ3) is 4.45. The topological polar surface area (TPSA) is 46.6 Å². The number of rotatable bonds is 5. The van der Waals surface area contributed by atoms with E-state index in [2.05, 4.69) is 0 Å². The fourth-order valence-electron chi connectivity index (χ4n) is 1.87. The van der Waals surface area contributed by atoms with E-state index in [0.717, 1.165) is 5.56 Å². The summed E-state index contributed by atoms with van der Waals surface area (Å²) in [5, 5.41) is 0. The van der Waals surface area contributed by atoms with Crippen molar-refractivity contribution in [3.8, 4) is 0 Å². The second-order valence-corrected chi connectivity index (χ2v) is 4.69. The van der Waals surface area contributed by atoms with Gasteiger partial charge in [0.1, 0.15) is 0 Å². The number of ketones is 1. The zero-order chi connectivity index (χ0) is 15.1. The molecule has 0 atom stereocenters. The number of nitrogens with zero attached hydrogens (tertiary/aromatic N) is 1. The Labute approximate surface area is 124 Å². The lowest BCUT2D eigenvalue weighted by Gasteiger charge is -2.16. The zero-order valence-corrected chi connectivity index (χ0v) is 11.9. The van der Waals surface area contributed by atoms with E-state index in [1.165, 1.54) is 4.90 Å². The molecule has 21 heavy (non-hydrogen) atoms. The third-order valence-electron chi connectivity index (χ3n) is 3.00. The Morgan fingerprint density at radius 1 is 0.952 bits per heavy atom. The van der Waals surface area contributed by atoms with Gasteiger partial charge in [0, 0.05) is 19.2 Å². The Morgan fingerprint density at radius 3 is 2.14 bits per heavy atom. The van der Waals surface area contributed by atoms with Crippen LogP contribution >= 0.6 is 0 Å². The average molecular weight is 283 g/mol. The van der Waals surface area contributed by atoms with Crippen LogP contribution in [-0.2, 0) is 11.3 Å². The van der Waals surface area contributed by atoms with Gasteiger partial charge < -0.3 is 9.64 Å². The van der Waals surface area contributed by atoms with Gasteiger partial charge in [-0.25, -0.2) is 4.79 Å². The highest BCUT2D eigenvalue weighted by Crippen LogP contribution is 2.05.